The van der Waals surface area contributed by atoms with Crippen molar-refractivity contribution < 1.29 is 24.2 Å². The first-order valence-corrected chi connectivity index (χ1v) is 7.17. The Bertz CT molecular complexity index is 462. The Morgan fingerprint density at radius 1 is 1.38 bits per heavy atom. The highest BCUT2D eigenvalue weighted by molar-refractivity contribution is 5.84. The number of nitrogens with zero attached hydrogens (tertiary/aromatic N) is 1. The minimum Gasteiger partial charge on any atom is -0.481 e. The topological polar surface area (TPSA) is 95.9 Å². The van der Waals surface area contributed by atoms with E-state index in [0.717, 1.165) is 6.42 Å². The van der Waals surface area contributed by atoms with Gasteiger partial charge in [0.1, 0.15) is 6.04 Å². The molecular formula is C14H20N2O5. The molecule has 3 atom stereocenters. The van der Waals surface area contributed by atoms with E-state index in [1.165, 1.54) is 4.90 Å². The van der Waals surface area contributed by atoms with Crippen molar-refractivity contribution in [3.8, 4) is 0 Å². The first-order valence-electron chi connectivity index (χ1n) is 7.17. The zero-order valence-corrected chi connectivity index (χ0v) is 11.9. The van der Waals surface area contributed by atoms with Crippen LogP contribution in [0.15, 0.2) is 12.2 Å². The maximum absolute atomic E-state index is 12.2. The molecule has 116 valence electrons. The van der Waals surface area contributed by atoms with Crippen molar-refractivity contribution in [3.63, 3.8) is 0 Å². The number of esters is 1. The maximum Gasteiger partial charge on any atom is 0.328 e. The fourth-order valence-electron chi connectivity index (χ4n) is 2.72. The van der Waals surface area contributed by atoms with Gasteiger partial charge in [-0.25, -0.2) is 9.59 Å². The summed E-state index contributed by atoms with van der Waals surface area (Å²) >= 11 is 0. The quantitative estimate of drug-likeness (QED) is 0.589. The minimum absolute atomic E-state index is 0.288. The van der Waals surface area contributed by atoms with Crippen LogP contribution in [-0.4, -0.2) is 53.2 Å². The normalized spacial score (nSPS) is 27.7. The Hall–Kier alpha value is -2.05. The average Bonchev–Trinajstić information content (AvgIpc) is 3.07. The molecule has 0 aromatic carbocycles. The van der Waals surface area contributed by atoms with Crippen molar-refractivity contribution in [1.82, 2.24) is 10.2 Å². The molecule has 1 aliphatic carbocycles. The van der Waals surface area contributed by atoms with Crippen LogP contribution in [0.3, 0.4) is 0 Å². The summed E-state index contributed by atoms with van der Waals surface area (Å²) in [6.07, 6.45) is 4.98. The summed E-state index contributed by atoms with van der Waals surface area (Å²) in [7, 11) is 0. The van der Waals surface area contributed by atoms with Gasteiger partial charge >= 0.3 is 18.0 Å². The molecule has 0 aromatic rings. The van der Waals surface area contributed by atoms with E-state index >= 15 is 0 Å². The van der Waals surface area contributed by atoms with E-state index in [1.54, 1.807) is 19.1 Å². The predicted octanol–water partition coefficient (Wildman–Crippen LogP) is 0.753. The van der Waals surface area contributed by atoms with E-state index in [-0.39, 0.29) is 24.6 Å². The van der Waals surface area contributed by atoms with Gasteiger partial charge in [-0.15, -0.1) is 0 Å². The van der Waals surface area contributed by atoms with Gasteiger partial charge < -0.3 is 20.1 Å². The lowest BCUT2D eigenvalue weighted by Crippen LogP contribution is -2.49. The summed E-state index contributed by atoms with van der Waals surface area (Å²) in [6, 6.07) is -1.18. The molecule has 1 fully saturated rings. The van der Waals surface area contributed by atoms with E-state index in [1.807, 2.05) is 0 Å². The number of likely N-dealkylation sites (tertiary alicyclic amines) is 1. The molecule has 3 unspecified atom stereocenters. The van der Waals surface area contributed by atoms with Crippen LogP contribution in [-0.2, 0) is 14.3 Å². The molecule has 7 heteroatoms. The van der Waals surface area contributed by atoms with Crippen molar-refractivity contribution in [2.45, 2.75) is 38.3 Å². The third-order valence-corrected chi connectivity index (χ3v) is 3.78. The number of rotatable bonds is 4. The number of amides is 2. The summed E-state index contributed by atoms with van der Waals surface area (Å²) in [4.78, 5) is 36.4. The van der Waals surface area contributed by atoms with Gasteiger partial charge in [0.25, 0.3) is 0 Å². The van der Waals surface area contributed by atoms with Gasteiger partial charge in [-0.2, -0.15) is 0 Å². The molecular weight excluding hydrogens is 276 g/mol. The minimum atomic E-state index is -0.895. The molecule has 21 heavy (non-hydrogen) atoms. The standard InChI is InChI=1S/C14H20N2O5/c1-2-21-13(19)11-4-3-7-16(11)14(20)15-10-6-5-9(8-10)12(17)18/h5-6,9-11H,2-4,7-8H2,1H3,(H,15,20)(H,17,18). The molecule has 2 N–H and O–H groups in total. The monoisotopic (exact) mass is 296 g/mol. The second-order valence-electron chi connectivity index (χ2n) is 5.22. The first kappa shape index (κ1) is 15.3. The number of carboxylic acids is 1. The number of ether oxygens (including phenoxy) is 1. The van der Waals surface area contributed by atoms with Gasteiger partial charge in [0, 0.05) is 6.54 Å². The predicted molar refractivity (Wildman–Crippen MR) is 73.6 cm³/mol. The molecule has 0 spiro atoms. The number of aliphatic carboxylic acids is 1. The molecule has 0 aromatic heterocycles. The molecule has 2 rings (SSSR count). The highest BCUT2D eigenvalue weighted by Gasteiger charge is 2.36. The van der Waals surface area contributed by atoms with E-state index in [2.05, 4.69) is 5.32 Å². The molecule has 1 saturated heterocycles. The van der Waals surface area contributed by atoms with Crippen LogP contribution >= 0.6 is 0 Å². The van der Waals surface area contributed by atoms with Crippen molar-refractivity contribution in [3.05, 3.63) is 12.2 Å². The number of carboxylic acid groups (broad SMARTS) is 1. The Morgan fingerprint density at radius 3 is 2.76 bits per heavy atom. The lowest BCUT2D eigenvalue weighted by Gasteiger charge is -2.25. The van der Waals surface area contributed by atoms with Crippen LogP contribution in [0.4, 0.5) is 4.79 Å². The van der Waals surface area contributed by atoms with Crippen molar-refractivity contribution in [1.29, 1.82) is 0 Å². The molecule has 0 radical (unpaired) electrons. The Kier molecular flexibility index (Phi) is 4.82. The zero-order chi connectivity index (χ0) is 15.4. The van der Waals surface area contributed by atoms with Gasteiger partial charge in [-0.05, 0) is 26.2 Å². The number of carbonyl (C=O) groups excluding carboxylic acids is 2. The molecule has 0 saturated carbocycles. The first-order chi connectivity index (χ1) is 10.0. The number of carbonyl (C=O) groups is 3. The third-order valence-electron chi connectivity index (χ3n) is 3.78. The third kappa shape index (κ3) is 3.53. The van der Waals surface area contributed by atoms with Gasteiger partial charge in [-0.3, -0.25) is 4.79 Å². The fourth-order valence-corrected chi connectivity index (χ4v) is 2.72. The number of hydrogen-bond acceptors (Lipinski definition) is 4. The molecule has 7 nitrogen and oxygen atoms in total. The highest BCUT2D eigenvalue weighted by atomic mass is 16.5. The van der Waals surface area contributed by atoms with E-state index in [0.29, 0.717) is 19.4 Å². The van der Waals surface area contributed by atoms with Gasteiger partial charge in [-0.1, -0.05) is 12.2 Å². The smallest absolute Gasteiger partial charge is 0.328 e. The van der Waals surface area contributed by atoms with Crippen LogP contribution in [0.2, 0.25) is 0 Å². The van der Waals surface area contributed by atoms with Crippen LogP contribution in [0.25, 0.3) is 0 Å². The maximum atomic E-state index is 12.2. The van der Waals surface area contributed by atoms with Gasteiger partial charge in [0.15, 0.2) is 0 Å². The number of nitrogens with one attached hydrogen (secondary N) is 1. The summed E-state index contributed by atoms with van der Waals surface area (Å²) in [6.45, 7) is 2.52. The van der Waals surface area contributed by atoms with Crippen molar-refractivity contribution >= 4 is 18.0 Å². The summed E-state index contributed by atoms with van der Waals surface area (Å²) in [5.74, 6) is -1.83. The molecule has 1 heterocycles. The second kappa shape index (κ2) is 6.60. The zero-order valence-electron chi connectivity index (χ0n) is 11.9. The molecule has 0 bridgehead atoms. The number of urea groups is 1. The Balaban J connectivity index is 1.90. The van der Waals surface area contributed by atoms with E-state index in [4.69, 9.17) is 9.84 Å². The van der Waals surface area contributed by atoms with Crippen LogP contribution < -0.4 is 5.32 Å². The van der Waals surface area contributed by atoms with Gasteiger partial charge in [0.05, 0.1) is 18.6 Å². The fraction of sp³-hybridized carbons (Fsp3) is 0.643. The lowest BCUT2D eigenvalue weighted by molar-refractivity contribution is -0.147. The van der Waals surface area contributed by atoms with Crippen molar-refractivity contribution in [2.75, 3.05) is 13.2 Å². The highest BCUT2D eigenvalue weighted by Crippen LogP contribution is 2.21. The van der Waals surface area contributed by atoms with Crippen LogP contribution in [0.1, 0.15) is 26.2 Å². The Labute approximate surface area is 122 Å². The van der Waals surface area contributed by atoms with E-state index in [9.17, 15) is 14.4 Å². The molecule has 1 aliphatic heterocycles. The molecule has 2 aliphatic rings. The SMILES string of the molecule is CCOC(=O)C1CCCN1C(=O)NC1C=CC(C(=O)O)C1. The van der Waals surface area contributed by atoms with Crippen molar-refractivity contribution in [2.24, 2.45) is 5.92 Å². The summed E-state index contributed by atoms with van der Waals surface area (Å²) < 4.78 is 4.97. The summed E-state index contributed by atoms with van der Waals surface area (Å²) in [5, 5.41) is 11.7. The number of hydrogen-bond donors (Lipinski definition) is 2. The molecule has 2 amide bonds. The van der Waals surface area contributed by atoms with Crippen LogP contribution in [0, 0.1) is 5.92 Å². The Morgan fingerprint density at radius 2 is 2.14 bits per heavy atom. The summed E-state index contributed by atoms with van der Waals surface area (Å²) in [5.41, 5.74) is 0. The lowest BCUT2D eigenvalue weighted by atomic mass is 10.1. The van der Waals surface area contributed by atoms with E-state index < -0.39 is 17.9 Å². The van der Waals surface area contributed by atoms with Crippen LogP contribution in [0.5, 0.6) is 0 Å². The largest absolute Gasteiger partial charge is 0.481 e. The average molecular weight is 296 g/mol. The van der Waals surface area contributed by atoms with Gasteiger partial charge in [0.2, 0.25) is 0 Å². The second-order valence-corrected chi connectivity index (χ2v) is 5.22.